The molecule has 0 spiro atoms. The minimum Gasteiger partial charge on any atom is -0.448 e. The Hall–Kier alpha value is -2.38. The lowest BCUT2D eigenvalue weighted by Gasteiger charge is -2.36. The zero-order chi connectivity index (χ0) is 17.2. The molecule has 4 rings (SSSR count). The number of hydrogen-bond acceptors (Lipinski definition) is 6. The Labute approximate surface area is 146 Å². The summed E-state index contributed by atoms with van der Waals surface area (Å²) in [7, 11) is 0. The van der Waals surface area contributed by atoms with Crippen LogP contribution in [0.2, 0.25) is 0 Å². The average molecular weight is 345 g/mol. The molecule has 2 amide bonds. The molecule has 25 heavy (non-hydrogen) atoms. The van der Waals surface area contributed by atoms with Crippen molar-refractivity contribution in [2.24, 2.45) is 0 Å². The molecule has 1 aliphatic carbocycles. The van der Waals surface area contributed by atoms with Gasteiger partial charge in [-0.2, -0.15) is 5.10 Å². The normalized spacial score (nSPS) is 20.5. The summed E-state index contributed by atoms with van der Waals surface area (Å²) in [4.78, 5) is 29.3. The van der Waals surface area contributed by atoms with E-state index < -0.39 is 6.09 Å². The highest BCUT2D eigenvalue weighted by Crippen LogP contribution is 2.23. The molecule has 3 heterocycles. The molecule has 8 nitrogen and oxygen atoms in total. The van der Waals surface area contributed by atoms with Gasteiger partial charge in [0.2, 0.25) is 5.91 Å². The van der Waals surface area contributed by atoms with Crippen molar-refractivity contribution in [3.63, 3.8) is 0 Å². The topological polar surface area (TPSA) is 78.9 Å². The lowest BCUT2D eigenvalue weighted by molar-refractivity contribution is -0.132. The Bertz CT molecular complexity index is 672. The van der Waals surface area contributed by atoms with Crippen molar-refractivity contribution in [2.75, 3.05) is 50.8 Å². The molecule has 2 saturated heterocycles. The van der Waals surface area contributed by atoms with Crippen LogP contribution in [-0.4, -0.2) is 77.9 Å². The molecule has 2 fully saturated rings. The van der Waals surface area contributed by atoms with E-state index in [1.165, 1.54) is 23.3 Å². The minimum atomic E-state index is -0.392. The van der Waals surface area contributed by atoms with E-state index in [0.717, 1.165) is 37.4 Å². The van der Waals surface area contributed by atoms with Gasteiger partial charge in [-0.05, 0) is 37.3 Å². The van der Waals surface area contributed by atoms with Gasteiger partial charge in [-0.25, -0.2) is 4.79 Å². The summed E-state index contributed by atoms with van der Waals surface area (Å²) in [5, 5.41) is 8.78. The van der Waals surface area contributed by atoms with Gasteiger partial charge in [-0.1, -0.05) is 0 Å². The van der Waals surface area contributed by atoms with Gasteiger partial charge in [-0.3, -0.25) is 9.69 Å². The van der Waals surface area contributed by atoms with E-state index in [0.29, 0.717) is 26.2 Å². The van der Waals surface area contributed by atoms with Gasteiger partial charge in [0.25, 0.3) is 0 Å². The molecule has 1 aromatic rings. The van der Waals surface area contributed by atoms with E-state index in [1.54, 1.807) is 0 Å². The fourth-order valence-electron chi connectivity index (χ4n) is 3.65. The second-order valence-electron chi connectivity index (χ2n) is 6.79. The number of cyclic esters (lactones) is 1. The van der Waals surface area contributed by atoms with Gasteiger partial charge in [0, 0.05) is 26.2 Å². The predicted molar refractivity (Wildman–Crippen MR) is 90.4 cm³/mol. The van der Waals surface area contributed by atoms with Gasteiger partial charge in [0.1, 0.15) is 13.2 Å². The van der Waals surface area contributed by atoms with Crippen LogP contribution in [0, 0.1) is 0 Å². The number of amides is 2. The van der Waals surface area contributed by atoms with Gasteiger partial charge in [-0.15, -0.1) is 5.10 Å². The summed E-state index contributed by atoms with van der Waals surface area (Å²) >= 11 is 0. The Morgan fingerprint density at radius 1 is 1.08 bits per heavy atom. The Kier molecular flexibility index (Phi) is 4.42. The quantitative estimate of drug-likeness (QED) is 0.792. The number of ether oxygens (including phenoxy) is 1. The van der Waals surface area contributed by atoms with Crippen molar-refractivity contribution in [3.05, 3.63) is 17.3 Å². The molecule has 0 atom stereocenters. The number of aromatic nitrogens is 2. The number of carbonyl (C=O) groups excluding carboxylic acids is 2. The van der Waals surface area contributed by atoms with E-state index in [4.69, 9.17) is 4.74 Å². The summed E-state index contributed by atoms with van der Waals surface area (Å²) in [5.74, 6) is 0.894. The molecule has 134 valence electrons. The van der Waals surface area contributed by atoms with Crippen LogP contribution in [0.15, 0.2) is 6.07 Å². The summed E-state index contributed by atoms with van der Waals surface area (Å²) < 4.78 is 4.87. The molecule has 0 N–H and O–H groups in total. The maximum atomic E-state index is 12.4. The highest BCUT2D eigenvalue weighted by atomic mass is 16.6. The highest BCUT2D eigenvalue weighted by molar-refractivity contribution is 5.83. The molecule has 0 radical (unpaired) electrons. The van der Waals surface area contributed by atoms with E-state index in [1.807, 2.05) is 4.90 Å². The summed E-state index contributed by atoms with van der Waals surface area (Å²) in [5.41, 5.74) is 2.46. The predicted octanol–water partition coefficient (Wildman–Crippen LogP) is 0.456. The lowest BCUT2D eigenvalue weighted by atomic mass is 9.97. The number of hydrogen-bond donors (Lipinski definition) is 0. The van der Waals surface area contributed by atoms with E-state index in [-0.39, 0.29) is 12.5 Å². The number of carbonyl (C=O) groups is 2. The maximum absolute atomic E-state index is 12.4. The van der Waals surface area contributed by atoms with Crippen LogP contribution in [-0.2, 0) is 22.4 Å². The van der Waals surface area contributed by atoms with Crippen molar-refractivity contribution in [2.45, 2.75) is 25.7 Å². The molecule has 0 unspecified atom stereocenters. The molecule has 2 aliphatic heterocycles. The first kappa shape index (κ1) is 16.1. The van der Waals surface area contributed by atoms with Gasteiger partial charge < -0.3 is 14.5 Å². The third-order valence-electron chi connectivity index (χ3n) is 5.18. The van der Waals surface area contributed by atoms with Gasteiger partial charge in [0.05, 0.1) is 12.2 Å². The number of anilines is 1. The van der Waals surface area contributed by atoms with Crippen LogP contribution in [0.4, 0.5) is 10.6 Å². The smallest absolute Gasteiger partial charge is 0.410 e. The van der Waals surface area contributed by atoms with Crippen molar-refractivity contribution < 1.29 is 14.3 Å². The molecule has 0 bridgehead atoms. The Morgan fingerprint density at radius 2 is 1.88 bits per heavy atom. The molecule has 3 aliphatic rings. The maximum Gasteiger partial charge on any atom is 0.410 e. The van der Waals surface area contributed by atoms with E-state index in [2.05, 4.69) is 21.2 Å². The number of fused-ring (bicyclic) bond motifs is 1. The molecular formula is C17H23N5O3. The van der Waals surface area contributed by atoms with Crippen molar-refractivity contribution in [1.82, 2.24) is 20.0 Å². The molecular weight excluding hydrogens is 322 g/mol. The Balaban J connectivity index is 1.33. The van der Waals surface area contributed by atoms with E-state index >= 15 is 0 Å². The van der Waals surface area contributed by atoms with Crippen molar-refractivity contribution >= 4 is 17.8 Å². The van der Waals surface area contributed by atoms with Crippen LogP contribution in [0.5, 0.6) is 0 Å². The molecule has 0 aromatic carbocycles. The molecule has 1 aromatic heterocycles. The standard InChI is InChI=1S/C17H23N5O3/c23-16(12-22-9-10-25-17(22)24)21-7-5-20(6-8-21)15-11-13-3-1-2-4-14(13)18-19-15/h11H,1-10,12H2. The van der Waals surface area contributed by atoms with Crippen LogP contribution >= 0.6 is 0 Å². The summed E-state index contributed by atoms with van der Waals surface area (Å²) in [6, 6.07) is 2.17. The van der Waals surface area contributed by atoms with Crippen molar-refractivity contribution in [1.29, 1.82) is 0 Å². The second-order valence-corrected chi connectivity index (χ2v) is 6.79. The first-order chi connectivity index (χ1) is 12.2. The minimum absolute atomic E-state index is 0.0185. The van der Waals surface area contributed by atoms with Crippen LogP contribution in [0.25, 0.3) is 0 Å². The number of piperazine rings is 1. The number of rotatable bonds is 3. The first-order valence-corrected chi connectivity index (χ1v) is 9.00. The first-order valence-electron chi connectivity index (χ1n) is 9.00. The largest absolute Gasteiger partial charge is 0.448 e. The molecule has 8 heteroatoms. The summed E-state index contributed by atoms with van der Waals surface area (Å²) in [6.07, 6.45) is 4.15. The van der Waals surface area contributed by atoms with Crippen LogP contribution < -0.4 is 4.90 Å². The zero-order valence-corrected chi connectivity index (χ0v) is 14.3. The lowest BCUT2D eigenvalue weighted by Crippen LogP contribution is -2.51. The monoisotopic (exact) mass is 345 g/mol. The third-order valence-corrected chi connectivity index (χ3v) is 5.18. The highest BCUT2D eigenvalue weighted by Gasteiger charge is 2.28. The second kappa shape index (κ2) is 6.85. The van der Waals surface area contributed by atoms with Crippen LogP contribution in [0.1, 0.15) is 24.1 Å². The average Bonchev–Trinajstić information content (AvgIpc) is 3.06. The van der Waals surface area contributed by atoms with Crippen molar-refractivity contribution in [3.8, 4) is 0 Å². The number of nitrogens with zero attached hydrogens (tertiary/aromatic N) is 5. The molecule has 0 saturated carbocycles. The third kappa shape index (κ3) is 3.38. The van der Waals surface area contributed by atoms with E-state index in [9.17, 15) is 9.59 Å². The Morgan fingerprint density at radius 3 is 2.64 bits per heavy atom. The summed E-state index contributed by atoms with van der Waals surface area (Å²) in [6.45, 7) is 3.73. The SMILES string of the molecule is O=C(CN1CCOC1=O)N1CCN(c2cc3c(nn2)CCCC3)CC1. The van der Waals surface area contributed by atoms with Gasteiger partial charge in [0.15, 0.2) is 5.82 Å². The van der Waals surface area contributed by atoms with Crippen LogP contribution in [0.3, 0.4) is 0 Å². The van der Waals surface area contributed by atoms with Gasteiger partial charge >= 0.3 is 6.09 Å². The fraction of sp³-hybridized carbons (Fsp3) is 0.647. The number of aryl methyl sites for hydroxylation is 2. The zero-order valence-electron chi connectivity index (χ0n) is 14.3. The fourth-order valence-corrected chi connectivity index (χ4v) is 3.65.